The van der Waals surface area contributed by atoms with Crippen LogP contribution in [-0.4, -0.2) is 151 Å². The van der Waals surface area contributed by atoms with Crippen LogP contribution in [-0.2, 0) is 19.2 Å². The van der Waals surface area contributed by atoms with Gasteiger partial charge in [0.1, 0.15) is 12.3 Å². The van der Waals surface area contributed by atoms with E-state index in [1.807, 2.05) is 0 Å². The van der Waals surface area contributed by atoms with Gasteiger partial charge in [-0.25, -0.2) is 4.79 Å². The van der Waals surface area contributed by atoms with E-state index in [1.165, 1.54) is 12.3 Å². The number of nitrogens with zero attached hydrogens (tertiary/aromatic N) is 6. The van der Waals surface area contributed by atoms with Crippen LogP contribution in [0.15, 0.2) is 35.5 Å². The molecular weight excluding hydrogens is 716 g/mol. The lowest BCUT2D eigenvalue weighted by atomic mass is 9.97. The van der Waals surface area contributed by atoms with Crippen molar-refractivity contribution in [1.82, 2.24) is 30.3 Å². The van der Waals surface area contributed by atoms with Gasteiger partial charge < -0.3 is 30.9 Å². The Hall–Kier alpha value is -5.06. The van der Waals surface area contributed by atoms with Crippen molar-refractivity contribution >= 4 is 52.5 Å². The monoisotopic (exact) mass is 770 g/mol. The van der Waals surface area contributed by atoms with Gasteiger partial charge in [-0.3, -0.25) is 34.1 Å². The number of hydrogen-bond acceptors (Lipinski definition) is 9. The summed E-state index contributed by atoms with van der Waals surface area (Å²) < 4.78 is 33.8. The van der Waals surface area contributed by atoms with Crippen LogP contribution in [0.5, 0.6) is 5.75 Å². The van der Waals surface area contributed by atoms with Gasteiger partial charge in [0, 0.05) is 83.7 Å². The van der Waals surface area contributed by atoms with Crippen molar-refractivity contribution in [3.05, 3.63) is 36.0 Å². The molecule has 0 spiro atoms. The van der Waals surface area contributed by atoms with E-state index >= 15 is 0 Å². The summed E-state index contributed by atoms with van der Waals surface area (Å²) >= 11 is 0. The molecule has 1 atom stereocenters. The molecule has 0 unspecified atom stereocenters. The minimum atomic E-state index is -2.96. The van der Waals surface area contributed by atoms with E-state index in [4.69, 9.17) is 10.5 Å². The van der Waals surface area contributed by atoms with Gasteiger partial charge in [0.05, 0.1) is 30.1 Å². The Morgan fingerprint density at radius 2 is 1.82 bits per heavy atom. The molecule has 4 rings (SSSR count). The van der Waals surface area contributed by atoms with Gasteiger partial charge in [-0.05, 0) is 43.5 Å². The molecule has 0 radical (unpaired) electrons. The first-order chi connectivity index (χ1) is 26.1. The Morgan fingerprint density at radius 3 is 2.49 bits per heavy atom. The summed E-state index contributed by atoms with van der Waals surface area (Å²) in [7, 11) is 3.59. The summed E-state index contributed by atoms with van der Waals surface area (Å²) in [5, 5.41) is 5.88. The van der Waals surface area contributed by atoms with E-state index in [1.54, 1.807) is 55.9 Å². The lowest BCUT2D eigenvalue weighted by molar-refractivity contribution is -0.455. The SMILES string of the molecule is CC(C)C(=O)[C@H](CCCN=C(N)N(C)C)NC(=O)CCC(=O)N1CCN(CCCOc2ccc3nccc(C(=O)NCC(=O)[N+]4=CCC(F)(F)C4)c3c2)CC1. The lowest BCUT2D eigenvalue weighted by Gasteiger charge is -2.34. The quantitative estimate of drug-likeness (QED) is 0.0873. The second-order valence-electron chi connectivity index (χ2n) is 14.4. The van der Waals surface area contributed by atoms with Crippen molar-refractivity contribution in [2.24, 2.45) is 16.6 Å². The summed E-state index contributed by atoms with van der Waals surface area (Å²) in [5.74, 6) is -3.90. The molecule has 1 fully saturated rings. The fraction of sp³-hybridized carbons (Fsp3) is 0.579. The number of carbonyl (C=O) groups excluding carboxylic acids is 5. The molecular formula is C38H54F2N9O6+. The number of halogens is 2. The molecule has 2 aliphatic rings. The van der Waals surface area contributed by atoms with Crippen LogP contribution in [0.4, 0.5) is 8.78 Å². The fourth-order valence-corrected chi connectivity index (χ4v) is 6.24. The van der Waals surface area contributed by atoms with Crippen LogP contribution in [0.2, 0.25) is 0 Å². The molecule has 300 valence electrons. The molecule has 0 aliphatic carbocycles. The number of alkyl halides is 2. The Bertz CT molecular complexity index is 1760. The number of pyridine rings is 1. The minimum Gasteiger partial charge on any atom is -0.494 e. The zero-order valence-corrected chi connectivity index (χ0v) is 32.2. The number of guanidine groups is 1. The largest absolute Gasteiger partial charge is 0.494 e. The van der Waals surface area contributed by atoms with E-state index in [9.17, 15) is 32.8 Å². The van der Waals surface area contributed by atoms with Crippen LogP contribution < -0.4 is 21.1 Å². The number of hydrogen-bond donors (Lipinski definition) is 3. The summed E-state index contributed by atoms with van der Waals surface area (Å²) in [6.07, 6.45) is 3.91. The standard InChI is InChI=1S/C38H53F2N9O6/c1-26(2)35(53)31(7-5-14-43-37(41)46(3)4)45-32(50)10-11-33(51)48-20-18-47(19-21-48)16-6-22-55-27-8-9-30-29(23-27)28(12-15-42-30)36(54)44-24-34(52)49-17-13-38(39,40)25-49/h8-9,12,15,17,23,26,31H,5-7,10-11,13-14,16,18-22,24-25H2,1-4H3,(H3-,41,43,44,45,50,54)/p+1/t31-/m0/s1. The summed E-state index contributed by atoms with van der Waals surface area (Å²) in [4.78, 5) is 78.0. The molecule has 2 aromatic rings. The third kappa shape index (κ3) is 13.0. The lowest BCUT2D eigenvalue weighted by Crippen LogP contribution is -2.49. The Kier molecular flexibility index (Phi) is 15.5. The zero-order valence-electron chi connectivity index (χ0n) is 32.2. The number of benzene rings is 1. The van der Waals surface area contributed by atoms with Gasteiger partial charge in [-0.1, -0.05) is 13.8 Å². The van der Waals surface area contributed by atoms with E-state index in [0.29, 0.717) is 81.2 Å². The number of carbonyl (C=O) groups is 5. The summed E-state index contributed by atoms with van der Waals surface area (Å²) in [6.45, 7) is 6.53. The van der Waals surface area contributed by atoms with Crippen molar-refractivity contribution in [2.45, 2.75) is 64.3 Å². The predicted molar refractivity (Wildman–Crippen MR) is 203 cm³/mol. The minimum absolute atomic E-state index is 0.00200. The molecule has 3 heterocycles. The average molecular weight is 771 g/mol. The van der Waals surface area contributed by atoms with E-state index < -0.39 is 43.3 Å². The van der Waals surface area contributed by atoms with E-state index in [2.05, 4.69) is 25.5 Å². The number of piperazine rings is 1. The highest BCUT2D eigenvalue weighted by Gasteiger charge is 2.43. The fourth-order valence-electron chi connectivity index (χ4n) is 6.24. The molecule has 1 aromatic heterocycles. The maximum absolute atomic E-state index is 13.5. The average Bonchev–Trinajstić information content (AvgIpc) is 3.54. The van der Waals surface area contributed by atoms with Crippen molar-refractivity contribution in [2.75, 3.05) is 73.1 Å². The topological polar surface area (TPSA) is 183 Å². The number of nitrogens with one attached hydrogen (secondary N) is 2. The number of rotatable bonds is 18. The van der Waals surface area contributed by atoms with E-state index in [0.717, 1.165) is 17.3 Å². The molecule has 4 N–H and O–H groups in total. The molecule has 0 saturated carbocycles. The van der Waals surface area contributed by atoms with Crippen LogP contribution in [0, 0.1) is 5.92 Å². The summed E-state index contributed by atoms with van der Waals surface area (Å²) in [6, 6.07) is 6.09. The third-order valence-corrected chi connectivity index (χ3v) is 9.50. The molecule has 1 saturated heterocycles. The van der Waals surface area contributed by atoms with Crippen LogP contribution in [0.3, 0.4) is 0 Å². The number of nitrogens with two attached hydrogens (primary N) is 1. The highest BCUT2D eigenvalue weighted by molar-refractivity contribution is 6.07. The number of ketones is 1. The Balaban J connectivity index is 1.16. The molecule has 0 bridgehead atoms. The zero-order chi connectivity index (χ0) is 40.1. The van der Waals surface area contributed by atoms with Crippen LogP contribution >= 0.6 is 0 Å². The number of aromatic nitrogens is 1. The Morgan fingerprint density at radius 1 is 1.07 bits per heavy atom. The van der Waals surface area contributed by atoms with Gasteiger partial charge in [-0.15, -0.1) is 0 Å². The van der Waals surface area contributed by atoms with Gasteiger partial charge in [0.2, 0.25) is 18.4 Å². The second kappa shape index (κ2) is 20.0. The second-order valence-corrected chi connectivity index (χ2v) is 14.4. The molecule has 1 aromatic carbocycles. The maximum Gasteiger partial charge on any atom is 0.406 e. The molecule has 17 heteroatoms. The highest BCUT2D eigenvalue weighted by Crippen LogP contribution is 2.24. The molecule has 15 nitrogen and oxygen atoms in total. The molecule has 2 aliphatic heterocycles. The van der Waals surface area contributed by atoms with Gasteiger partial charge in [0.15, 0.2) is 18.0 Å². The number of amides is 4. The van der Waals surface area contributed by atoms with Crippen molar-refractivity contribution in [3.8, 4) is 5.75 Å². The van der Waals surface area contributed by atoms with Crippen molar-refractivity contribution in [1.29, 1.82) is 0 Å². The first kappa shape index (κ1) is 42.7. The van der Waals surface area contributed by atoms with Crippen molar-refractivity contribution < 1.29 is 42.1 Å². The van der Waals surface area contributed by atoms with Gasteiger partial charge in [-0.2, -0.15) is 13.4 Å². The Labute approximate surface area is 320 Å². The van der Waals surface area contributed by atoms with Crippen molar-refractivity contribution in [3.63, 3.8) is 0 Å². The van der Waals surface area contributed by atoms with Gasteiger partial charge >= 0.3 is 11.8 Å². The van der Waals surface area contributed by atoms with Crippen LogP contribution in [0.1, 0.15) is 62.7 Å². The van der Waals surface area contributed by atoms with E-state index in [-0.39, 0.29) is 41.9 Å². The number of ether oxygens (including phenoxy) is 1. The van der Waals surface area contributed by atoms with Crippen LogP contribution in [0.25, 0.3) is 10.9 Å². The van der Waals surface area contributed by atoms with Gasteiger partial charge in [0.25, 0.3) is 5.91 Å². The predicted octanol–water partition coefficient (Wildman–Crippen LogP) is 1.67. The maximum atomic E-state index is 13.5. The molecule has 4 amide bonds. The number of Topliss-reactive ketones (excluding diaryl/α,β-unsaturated/α-hetero) is 1. The third-order valence-electron chi connectivity index (χ3n) is 9.50. The molecule has 55 heavy (non-hydrogen) atoms. The number of aliphatic imine (C=N–C) groups is 1. The normalized spacial score (nSPS) is 16.5. The number of fused-ring (bicyclic) bond motifs is 1. The highest BCUT2D eigenvalue weighted by atomic mass is 19.3. The summed E-state index contributed by atoms with van der Waals surface area (Å²) in [5.41, 5.74) is 6.66. The first-order valence-electron chi connectivity index (χ1n) is 18.7. The first-order valence-corrected chi connectivity index (χ1v) is 18.7. The smallest absolute Gasteiger partial charge is 0.406 e.